The number of hydrogen-bond donors (Lipinski definition) is 1. The van der Waals surface area contributed by atoms with Gasteiger partial charge in [0.25, 0.3) is 5.91 Å². The van der Waals surface area contributed by atoms with Crippen molar-refractivity contribution in [1.29, 1.82) is 0 Å². The molecule has 25 heavy (non-hydrogen) atoms. The number of fused-ring (bicyclic) bond motifs is 1. The van der Waals surface area contributed by atoms with Gasteiger partial charge in [0.15, 0.2) is 6.10 Å². The maximum atomic E-state index is 12.4. The lowest BCUT2D eigenvalue weighted by atomic mass is 10.2. The Bertz CT molecular complexity index is 901. The van der Waals surface area contributed by atoms with Crippen molar-refractivity contribution >= 4 is 33.2 Å². The smallest absolute Gasteiger partial charge is 0.269 e. The quantitative estimate of drug-likeness (QED) is 0.862. The second kappa shape index (κ2) is 7.03. The first kappa shape index (κ1) is 17.7. The molecule has 1 amide bonds. The second-order valence-electron chi connectivity index (χ2n) is 5.67. The van der Waals surface area contributed by atoms with Gasteiger partial charge in [0, 0.05) is 12.1 Å². The molecule has 1 unspecified atom stereocenters. The monoisotopic (exact) mass is 380 g/mol. The molecule has 132 valence electrons. The zero-order valence-electron chi connectivity index (χ0n) is 13.5. The number of rotatable bonds is 5. The third-order valence-electron chi connectivity index (χ3n) is 3.89. The summed E-state index contributed by atoms with van der Waals surface area (Å²) in [4.78, 5) is 13.8. The number of sulfonamides is 1. The van der Waals surface area contributed by atoms with E-state index in [-0.39, 0.29) is 18.2 Å². The van der Waals surface area contributed by atoms with Crippen LogP contribution in [0, 0.1) is 0 Å². The summed E-state index contributed by atoms with van der Waals surface area (Å²) in [6, 6.07) is 13.8. The topological polar surface area (TPSA) is 75.7 Å². The summed E-state index contributed by atoms with van der Waals surface area (Å²) < 4.78 is 32.6. The lowest BCUT2D eigenvalue weighted by molar-refractivity contribution is -0.125. The Morgan fingerprint density at radius 3 is 2.60 bits per heavy atom. The van der Waals surface area contributed by atoms with Crippen molar-refractivity contribution in [3.05, 3.63) is 59.1 Å². The lowest BCUT2D eigenvalue weighted by Gasteiger charge is -2.31. The van der Waals surface area contributed by atoms with Crippen LogP contribution in [0.4, 0.5) is 5.69 Å². The van der Waals surface area contributed by atoms with E-state index in [4.69, 9.17) is 16.3 Å². The van der Waals surface area contributed by atoms with Crippen molar-refractivity contribution in [2.24, 2.45) is 0 Å². The first-order chi connectivity index (χ1) is 11.9. The SMILES string of the molecule is CN1C(=O)C(CNS(=O)(=O)Cc2ccccc2Cl)Oc2ccccc21. The zero-order valence-corrected chi connectivity index (χ0v) is 15.0. The van der Waals surface area contributed by atoms with Gasteiger partial charge in [-0.3, -0.25) is 4.79 Å². The molecule has 1 aliphatic rings. The summed E-state index contributed by atoms with van der Waals surface area (Å²) in [5.41, 5.74) is 1.15. The molecule has 3 rings (SSSR count). The van der Waals surface area contributed by atoms with E-state index in [1.54, 1.807) is 55.6 Å². The summed E-state index contributed by atoms with van der Waals surface area (Å²) in [5.74, 6) is -0.0287. The number of amides is 1. The number of hydrogen-bond acceptors (Lipinski definition) is 4. The molecule has 0 bridgehead atoms. The van der Waals surface area contributed by atoms with Gasteiger partial charge in [0.1, 0.15) is 5.75 Å². The Balaban J connectivity index is 1.69. The van der Waals surface area contributed by atoms with Crippen LogP contribution in [-0.2, 0) is 20.6 Å². The molecule has 2 aromatic rings. The highest BCUT2D eigenvalue weighted by atomic mass is 35.5. The fourth-order valence-electron chi connectivity index (χ4n) is 2.58. The number of nitrogens with one attached hydrogen (secondary N) is 1. The minimum Gasteiger partial charge on any atom is -0.477 e. The molecule has 0 aromatic heterocycles. The standard InChI is InChI=1S/C17H17ClN2O4S/c1-20-14-8-4-5-9-15(14)24-16(17(20)21)10-19-25(22,23)11-12-6-2-3-7-13(12)18/h2-9,16,19H,10-11H2,1H3. The molecule has 0 saturated heterocycles. The van der Waals surface area contributed by atoms with E-state index in [1.165, 1.54) is 4.90 Å². The van der Waals surface area contributed by atoms with Crippen LogP contribution in [0.15, 0.2) is 48.5 Å². The molecule has 0 aliphatic carbocycles. The van der Waals surface area contributed by atoms with Crippen molar-refractivity contribution in [2.75, 3.05) is 18.5 Å². The largest absolute Gasteiger partial charge is 0.477 e. The number of halogens is 1. The van der Waals surface area contributed by atoms with Crippen LogP contribution >= 0.6 is 11.6 Å². The van der Waals surface area contributed by atoms with Gasteiger partial charge in [-0.15, -0.1) is 0 Å². The molecule has 0 spiro atoms. The summed E-state index contributed by atoms with van der Waals surface area (Å²) in [6.07, 6.45) is -0.916. The maximum Gasteiger partial charge on any atom is 0.269 e. The molecule has 0 fully saturated rings. The predicted molar refractivity (Wildman–Crippen MR) is 96.3 cm³/mol. The van der Waals surface area contributed by atoms with Crippen molar-refractivity contribution < 1.29 is 17.9 Å². The minimum absolute atomic E-state index is 0.149. The van der Waals surface area contributed by atoms with Crippen LogP contribution in [0.1, 0.15) is 5.56 Å². The van der Waals surface area contributed by atoms with Crippen LogP contribution in [0.5, 0.6) is 5.75 Å². The molecule has 2 aromatic carbocycles. The molecule has 6 nitrogen and oxygen atoms in total. The number of anilines is 1. The Morgan fingerprint density at radius 1 is 1.16 bits per heavy atom. The average molecular weight is 381 g/mol. The van der Waals surface area contributed by atoms with Crippen molar-refractivity contribution in [2.45, 2.75) is 11.9 Å². The van der Waals surface area contributed by atoms with Crippen LogP contribution in [-0.4, -0.2) is 34.0 Å². The predicted octanol–water partition coefficient (Wildman–Crippen LogP) is 2.18. The molecule has 1 aliphatic heterocycles. The first-order valence-electron chi connectivity index (χ1n) is 7.61. The third-order valence-corrected chi connectivity index (χ3v) is 5.56. The van der Waals surface area contributed by atoms with Crippen LogP contribution < -0.4 is 14.4 Å². The van der Waals surface area contributed by atoms with Crippen LogP contribution in [0.25, 0.3) is 0 Å². The van der Waals surface area contributed by atoms with E-state index in [2.05, 4.69) is 4.72 Å². The molecule has 1 atom stereocenters. The maximum absolute atomic E-state index is 12.4. The van der Waals surface area contributed by atoms with Gasteiger partial charge < -0.3 is 9.64 Å². The lowest BCUT2D eigenvalue weighted by Crippen LogP contribution is -2.49. The normalized spacial score (nSPS) is 17.1. The van der Waals surface area contributed by atoms with E-state index in [9.17, 15) is 13.2 Å². The molecule has 0 saturated carbocycles. The van der Waals surface area contributed by atoms with Crippen molar-refractivity contribution in [1.82, 2.24) is 4.72 Å². The highest BCUT2D eigenvalue weighted by molar-refractivity contribution is 7.88. The van der Waals surface area contributed by atoms with E-state index in [0.717, 1.165) is 0 Å². The van der Waals surface area contributed by atoms with E-state index >= 15 is 0 Å². The Hall–Kier alpha value is -2.09. The van der Waals surface area contributed by atoms with E-state index in [1.807, 2.05) is 0 Å². The molecular formula is C17H17ClN2O4S. The fourth-order valence-corrected chi connectivity index (χ4v) is 4.03. The second-order valence-corrected chi connectivity index (χ2v) is 7.88. The zero-order chi connectivity index (χ0) is 18.0. The summed E-state index contributed by atoms with van der Waals surface area (Å²) >= 11 is 6.00. The van der Waals surface area contributed by atoms with E-state index < -0.39 is 16.1 Å². The van der Waals surface area contributed by atoms with Gasteiger partial charge in [0.2, 0.25) is 10.0 Å². The van der Waals surface area contributed by atoms with Gasteiger partial charge in [-0.05, 0) is 23.8 Å². The van der Waals surface area contributed by atoms with Crippen LogP contribution in [0.2, 0.25) is 5.02 Å². The van der Waals surface area contributed by atoms with Crippen molar-refractivity contribution in [3.8, 4) is 5.75 Å². The Morgan fingerprint density at radius 2 is 1.84 bits per heavy atom. The number of likely N-dealkylation sites (N-methyl/N-ethyl adjacent to an activating group) is 1. The van der Waals surface area contributed by atoms with E-state index in [0.29, 0.717) is 22.0 Å². The number of benzene rings is 2. The number of carbonyl (C=O) groups excluding carboxylic acids is 1. The first-order valence-corrected chi connectivity index (χ1v) is 9.64. The summed E-state index contributed by atoms with van der Waals surface area (Å²) in [7, 11) is -2.03. The average Bonchev–Trinajstić information content (AvgIpc) is 2.59. The third kappa shape index (κ3) is 3.95. The Kier molecular flexibility index (Phi) is 4.99. The van der Waals surface area contributed by atoms with Crippen LogP contribution in [0.3, 0.4) is 0 Å². The van der Waals surface area contributed by atoms with Crippen molar-refractivity contribution in [3.63, 3.8) is 0 Å². The number of nitrogens with zero attached hydrogens (tertiary/aromatic N) is 1. The molecule has 1 N–H and O–H groups in total. The number of carbonyl (C=O) groups is 1. The fraction of sp³-hybridized carbons (Fsp3) is 0.235. The Labute approximate surface area is 151 Å². The minimum atomic E-state index is -3.66. The van der Waals surface area contributed by atoms with Gasteiger partial charge >= 0.3 is 0 Å². The molecule has 1 heterocycles. The van der Waals surface area contributed by atoms with Gasteiger partial charge in [0.05, 0.1) is 18.0 Å². The molecule has 8 heteroatoms. The number of para-hydroxylation sites is 2. The highest BCUT2D eigenvalue weighted by Crippen LogP contribution is 2.32. The molecule has 0 radical (unpaired) electrons. The molecular weight excluding hydrogens is 364 g/mol. The number of ether oxygens (including phenoxy) is 1. The van der Waals surface area contributed by atoms with Gasteiger partial charge in [-0.1, -0.05) is 41.9 Å². The van der Waals surface area contributed by atoms with Gasteiger partial charge in [-0.2, -0.15) is 0 Å². The van der Waals surface area contributed by atoms with Gasteiger partial charge in [-0.25, -0.2) is 13.1 Å². The summed E-state index contributed by atoms with van der Waals surface area (Å²) in [5, 5.41) is 0.381. The summed E-state index contributed by atoms with van der Waals surface area (Å²) in [6.45, 7) is -0.149. The highest BCUT2D eigenvalue weighted by Gasteiger charge is 2.32.